The Morgan fingerprint density at radius 3 is 2.67 bits per heavy atom. The van der Waals surface area contributed by atoms with Crippen LogP contribution in [0.15, 0.2) is 30.3 Å². The Kier molecular flexibility index (Phi) is 5.80. The molecule has 116 valence electrons. The molecule has 0 aromatic heterocycles. The smallest absolute Gasteiger partial charge is 0.225 e. The van der Waals surface area contributed by atoms with Crippen LogP contribution in [0.25, 0.3) is 0 Å². The average molecular weight is 289 g/mol. The van der Waals surface area contributed by atoms with Gasteiger partial charge in [0.1, 0.15) is 0 Å². The van der Waals surface area contributed by atoms with Gasteiger partial charge in [0.15, 0.2) is 0 Å². The fourth-order valence-corrected chi connectivity index (χ4v) is 3.48. The molecule has 3 heteroatoms. The van der Waals surface area contributed by atoms with Crippen LogP contribution < -0.4 is 0 Å². The van der Waals surface area contributed by atoms with Crippen LogP contribution in [-0.4, -0.2) is 29.6 Å². The zero-order chi connectivity index (χ0) is 15.2. The highest BCUT2D eigenvalue weighted by Gasteiger charge is 2.30. The lowest BCUT2D eigenvalue weighted by Gasteiger charge is -2.34. The van der Waals surface area contributed by atoms with Gasteiger partial charge in [-0.1, -0.05) is 50.1 Å². The van der Waals surface area contributed by atoms with Crippen molar-refractivity contribution in [1.29, 1.82) is 0 Å². The van der Waals surface area contributed by atoms with Crippen molar-refractivity contribution in [2.24, 2.45) is 11.8 Å². The molecule has 0 spiro atoms. The minimum atomic E-state index is -0.0269. The lowest BCUT2D eigenvalue weighted by Crippen LogP contribution is -2.38. The monoisotopic (exact) mass is 289 g/mol. The molecule has 1 saturated carbocycles. The van der Waals surface area contributed by atoms with Gasteiger partial charge in [-0.3, -0.25) is 4.79 Å². The average Bonchev–Trinajstić information content (AvgIpc) is 2.52. The molecule has 0 radical (unpaired) electrons. The SMILES string of the molecule is CC1CCCC(C(=O)N(C)C(CCO)c2ccccc2)C1. The van der Waals surface area contributed by atoms with E-state index in [0.29, 0.717) is 12.3 Å². The van der Waals surface area contributed by atoms with Crippen LogP contribution in [0.4, 0.5) is 0 Å². The standard InChI is InChI=1S/C18H27NO2/c1-14-7-6-10-16(13-14)18(21)19(2)17(11-12-20)15-8-4-3-5-9-15/h3-5,8-9,14,16-17,20H,6-7,10-13H2,1-2H3. The summed E-state index contributed by atoms with van der Waals surface area (Å²) in [5.41, 5.74) is 1.10. The molecule has 0 aliphatic heterocycles. The Labute approximate surface area is 128 Å². The molecule has 2 rings (SSSR count). The van der Waals surface area contributed by atoms with Crippen molar-refractivity contribution >= 4 is 5.91 Å². The summed E-state index contributed by atoms with van der Waals surface area (Å²) < 4.78 is 0. The first-order valence-electron chi connectivity index (χ1n) is 8.06. The van der Waals surface area contributed by atoms with Crippen LogP contribution in [0.1, 0.15) is 50.6 Å². The molecule has 1 aromatic carbocycles. The van der Waals surface area contributed by atoms with Crippen LogP contribution >= 0.6 is 0 Å². The summed E-state index contributed by atoms with van der Waals surface area (Å²) >= 11 is 0. The van der Waals surface area contributed by atoms with Crippen molar-refractivity contribution in [3.63, 3.8) is 0 Å². The van der Waals surface area contributed by atoms with Gasteiger partial charge < -0.3 is 10.0 Å². The number of aliphatic hydroxyl groups is 1. The minimum Gasteiger partial charge on any atom is -0.396 e. The molecule has 0 heterocycles. The molecular weight excluding hydrogens is 262 g/mol. The fraction of sp³-hybridized carbons (Fsp3) is 0.611. The van der Waals surface area contributed by atoms with E-state index >= 15 is 0 Å². The lowest BCUT2D eigenvalue weighted by molar-refractivity contribution is -0.138. The Morgan fingerprint density at radius 2 is 2.05 bits per heavy atom. The summed E-state index contributed by atoms with van der Waals surface area (Å²) in [6.07, 6.45) is 5.00. The molecule has 1 aromatic rings. The number of carbonyl (C=O) groups excluding carboxylic acids is 1. The molecule has 1 aliphatic rings. The third-order valence-electron chi connectivity index (χ3n) is 4.69. The number of amides is 1. The van der Waals surface area contributed by atoms with Gasteiger partial charge in [-0.05, 0) is 30.7 Å². The molecular formula is C18H27NO2. The summed E-state index contributed by atoms with van der Waals surface area (Å²) in [4.78, 5) is 14.6. The summed E-state index contributed by atoms with van der Waals surface area (Å²) in [5, 5.41) is 9.34. The number of aliphatic hydroxyl groups excluding tert-OH is 1. The normalized spacial score (nSPS) is 23.6. The van der Waals surface area contributed by atoms with E-state index in [-0.39, 0.29) is 24.5 Å². The number of nitrogens with zero attached hydrogens (tertiary/aromatic N) is 1. The minimum absolute atomic E-state index is 0.0269. The Balaban J connectivity index is 2.10. The highest BCUT2D eigenvalue weighted by molar-refractivity contribution is 5.79. The third kappa shape index (κ3) is 4.07. The molecule has 21 heavy (non-hydrogen) atoms. The van der Waals surface area contributed by atoms with Gasteiger partial charge in [0.05, 0.1) is 6.04 Å². The van der Waals surface area contributed by atoms with E-state index in [1.165, 1.54) is 6.42 Å². The first-order valence-corrected chi connectivity index (χ1v) is 8.06. The van der Waals surface area contributed by atoms with E-state index in [2.05, 4.69) is 6.92 Å². The second kappa shape index (κ2) is 7.60. The topological polar surface area (TPSA) is 40.5 Å². The Hall–Kier alpha value is -1.35. The summed E-state index contributed by atoms with van der Waals surface area (Å²) in [6, 6.07) is 9.99. The number of carbonyl (C=O) groups is 1. The van der Waals surface area contributed by atoms with Crippen LogP contribution in [-0.2, 0) is 4.79 Å². The van der Waals surface area contributed by atoms with E-state index in [4.69, 9.17) is 0 Å². The van der Waals surface area contributed by atoms with Gasteiger partial charge in [0.2, 0.25) is 5.91 Å². The zero-order valence-corrected chi connectivity index (χ0v) is 13.2. The zero-order valence-electron chi connectivity index (χ0n) is 13.2. The fourth-order valence-electron chi connectivity index (χ4n) is 3.48. The molecule has 3 nitrogen and oxygen atoms in total. The molecule has 1 N–H and O–H groups in total. The second-order valence-corrected chi connectivity index (χ2v) is 6.36. The maximum Gasteiger partial charge on any atom is 0.225 e. The number of hydrogen-bond acceptors (Lipinski definition) is 2. The molecule has 3 atom stereocenters. The molecule has 0 saturated heterocycles. The van der Waals surface area contributed by atoms with Crippen LogP contribution in [0.5, 0.6) is 0 Å². The van der Waals surface area contributed by atoms with Gasteiger partial charge in [-0.25, -0.2) is 0 Å². The quantitative estimate of drug-likeness (QED) is 0.902. The summed E-state index contributed by atoms with van der Waals surface area (Å²) in [7, 11) is 1.88. The van der Waals surface area contributed by atoms with Crippen molar-refractivity contribution < 1.29 is 9.90 Å². The Morgan fingerprint density at radius 1 is 1.33 bits per heavy atom. The number of rotatable bonds is 5. The number of hydrogen-bond donors (Lipinski definition) is 1. The van der Waals surface area contributed by atoms with E-state index in [9.17, 15) is 9.90 Å². The summed E-state index contributed by atoms with van der Waals surface area (Å²) in [5.74, 6) is 1.04. The van der Waals surface area contributed by atoms with Crippen molar-refractivity contribution in [3.8, 4) is 0 Å². The van der Waals surface area contributed by atoms with Gasteiger partial charge in [0, 0.05) is 19.6 Å². The third-order valence-corrected chi connectivity index (χ3v) is 4.69. The van der Waals surface area contributed by atoms with E-state index < -0.39 is 0 Å². The molecule has 1 aliphatic carbocycles. The van der Waals surface area contributed by atoms with E-state index in [0.717, 1.165) is 24.8 Å². The predicted octanol–water partition coefficient (Wildman–Crippen LogP) is 3.39. The lowest BCUT2D eigenvalue weighted by atomic mass is 9.81. The number of benzene rings is 1. The Bertz CT molecular complexity index is 446. The van der Waals surface area contributed by atoms with Crippen molar-refractivity contribution in [1.82, 2.24) is 4.90 Å². The second-order valence-electron chi connectivity index (χ2n) is 6.36. The molecule has 1 amide bonds. The highest BCUT2D eigenvalue weighted by atomic mass is 16.3. The van der Waals surface area contributed by atoms with Gasteiger partial charge in [-0.2, -0.15) is 0 Å². The van der Waals surface area contributed by atoms with Gasteiger partial charge in [-0.15, -0.1) is 0 Å². The molecule has 1 fully saturated rings. The van der Waals surface area contributed by atoms with Crippen molar-refractivity contribution in [2.45, 2.75) is 45.1 Å². The van der Waals surface area contributed by atoms with E-state index in [1.807, 2.05) is 42.3 Å². The van der Waals surface area contributed by atoms with Gasteiger partial charge >= 0.3 is 0 Å². The maximum atomic E-state index is 12.8. The largest absolute Gasteiger partial charge is 0.396 e. The first kappa shape index (κ1) is 16.0. The molecule has 0 bridgehead atoms. The highest BCUT2D eigenvalue weighted by Crippen LogP contribution is 2.32. The van der Waals surface area contributed by atoms with Gasteiger partial charge in [0.25, 0.3) is 0 Å². The van der Waals surface area contributed by atoms with E-state index in [1.54, 1.807) is 0 Å². The van der Waals surface area contributed by atoms with Crippen molar-refractivity contribution in [3.05, 3.63) is 35.9 Å². The van der Waals surface area contributed by atoms with Crippen LogP contribution in [0.2, 0.25) is 0 Å². The predicted molar refractivity (Wildman–Crippen MR) is 84.8 cm³/mol. The van der Waals surface area contributed by atoms with Crippen molar-refractivity contribution in [2.75, 3.05) is 13.7 Å². The van der Waals surface area contributed by atoms with Crippen LogP contribution in [0, 0.1) is 11.8 Å². The summed E-state index contributed by atoms with van der Waals surface area (Å²) in [6.45, 7) is 2.33. The first-order chi connectivity index (χ1) is 10.1. The van der Waals surface area contributed by atoms with Crippen LogP contribution in [0.3, 0.4) is 0 Å². The maximum absolute atomic E-state index is 12.8. The molecule has 3 unspecified atom stereocenters.